The predicted molar refractivity (Wildman–Crippen MR) is 64.5 cm³/mol. The zero-order chi connectivity index (χ0) is 12.0. The Morgan fingerprint density at radius 3 is 2.62 bits per heavy atom. The lowest BCUT2D eigenvalue weighted by Crippen LogP contribution is -2.42. The van der Waals surface area contributed by atoms with Crippen LogP contribution in [-0.2, 0) is 9.59 Å². The Balaban J connectivity index is 2.28. The summed E-state index contributed by atoms with van der Waals surface area (Å²) in [6, 6.07) is -0.722. The zero-order valence-corrected chi connectivity index (χ0v) is 10.4. The van der Waals surface area contributed by atoms with Crippen molar-refractivity contribution >= 4 is 23.6 Å². The molecular weight excluding hydrogens is 226 g/mol. The summed E-state index contributed by atoms with van der Waals surface area (Å²) < 4.78 is 0. The van der Waals surface area contributed by atoms with E-state index in [0.29, 0.717) is 18.8 Å². The van der Waals surface area contributed by atoms with Crippen molar-refractivity contribution in [1.82, 2.24) is 5.32 Å². The average Bonchev–Trinajstić information content (AvgIpc) is 2.18. The summed E-state index contributed by atoms with van der Waals surface area (Å²) in [6.45, 7) is 0. The third-order valence-corrected chi connectivity index (χ3v) is 3.59. The van der Waals surface area contributed by atoms with Crippen molar-refractivity contribution in [1.29, 1.82) is 0 Å². The van der Waals surface area contributed by atoms with Crippen molar-refractivity contribution in [2.75, 3.05) is 12.0 Å². The molecule has 1 aliphatic carbocycles. The fourth-order valence-electron chi connectivity index (χ4n) is 1.71. The summed E-state index contributed by atoms with van der Waals surface area (Å²) in [6.07, 6.45) is 6.32. The second kappa shape index (κ2) is 6.78. The number of thioether (sulfide) groups is 1. The van der Waals surface area contributed by atoms with E-state index in [1.807, 2.05) is 6.26 Å². The summed E-state index contributed by atoms with van der Waals surface area (Å²) in [5, 5.41) is 11.5. The van der Waals surface area contributed by atoms with Crippen molar-refractivity contribution in [3.05, 3.63) is 0 Å². The molecule has 1 fully saturated rings. The number of amides is 1. The van der Waals surface area contributed by atoms with Crippen molar-refractivity contribution < 1.29 is 14.7 Å². The number of carboxylic acids is 1. The minimum absolute atomic E-state index is 0.113. The summed E-state index contributed by atoms with van der Waals surface area (Å²) in [5.74, 6) is 0.185. The van der Waals surface area contributed by atoms with Gasteiger partial charge in [0.1, 0.15) is 6.04 Å². The number of rotatable bonds is 7. The topological polar surface area (TPSA) is 66.4 Å². The SMILES string of the molecule is CSCC[C@H](NC(=O)CC1CCC1)C(=O)O. The molecule has 1 saturated carbocycles. The summed E-state index contributed by atoms with van der Waals surface area (Å²) in [7, 11) is 0. The number of hydrogen-bond donors (Lipinski definition) is 2. The van der Waals surface area contributed by atoms with Crippen LogP contribution in [0, 0.1) is 5.92 Å². The fourth-order valence-corrected chi connectivity index (χ4v) is 2.18. The Bertz CT molecular complexity index is 254. The Hall–Kier alpha value is -0.710. The largest absolute Gasteiger partial charge is 0.480 e. The second-order valence-electron chi connectivity index (χ2n) is 4.24. The molecule has 0 radical (unpaired) electrons. The molecule has 0 aromatic heterocycles. The van der Waals surface area contributed by atoms with Gasteiger partial charge in [0.15, 0.2) is 0 Å². The van der Waals surface area contributed by atoms with Crippen LogP contribution in [0.1, 0.15) is 32.1 Å². The van der Waals surface area contributed by atoms with Crippen LogP contribution in [0.25, 0.3) is 0 Å². The van der Waals surface area contributed by atoms with Crippen molar-refractivity contribution in [2.45, 2.75) is 38.1 Å². The van der Waals surface area contributed by atoms with Gasteiger partial charge in [0.2, 0.25) is 5.91 Å². The van der Waals surface area contributed by atoms with Gasteiger partial charge in [-0.15, -0.1) is 0 Å². The van der Waals surface area contributed by atoms with Gasteiger partial charge in [-0.2, -0.15) is 11.8 Å². The van der Waals surface area contributed by atoms with Crippen LogP contribution in [-0.4, -0.2) is 35.0 Å². The summed E-state index contributed by atoms with van der Waals surface area (Å²) >= 11 is 1.59. The Morgan fingerprint density at radius 2 is 2.19 bits per heavy atom. The molecule has 92 valence electrons. The third-order valence-electron chi connectivity index (χ3n) is 2.94. The zero-order valence-electron chi connectivity index (χ0n) is 9.57. The first kappa shape index (κ1) is 13.4. The summed E-state index contributed by atoms with van der Waals surface area (Å²) in [5.41, 5.74) is 0. The summed E-state index contributed by atoms with van der Waals surface area (Å²) in [4.78, 5) is 22.4. The first-order valence-electron chi connectivity index (χ1n) is 5.64. The number of nitrogens with one attached hydrogen (secondary N) is 1. The molecular formula is C11H19NO3S. The van der Waals surface area contributed by atoms with E-state index in [1.165, 1.54) is 6.42 Å². The van der Waals surface area contributed by atoms with Gasteiger partial charge in [-0.05, 0) is 37.2 Å². The standard InChI is InChI=1S/C11H19NO3S/c1-16-6-5-9(11(14)15)12-10(13)7-8-3-2-4-8/h8-9H,2-7H2,1H3,(H,12,13)(H,14,15)/t9-/m0/s1. The Kier molecular flexibility index (Phi) is 5.66. The van der Waals surface area contributed by atoms with Crippen LogP contribution in [0.15, 0.2) is 0 Å². The highest BCUT2D eigenvalue weighted by molar-refractivity contribution is 7.98. The monoisotopic (exact) mass is 245 g/mol. The van der Waals surface area contributed by atoms with Gasteiger partial charge < -0.3 is 10.4 Å². The normalized spacial score (nSPS) is 17.6. The van der Waals surface area contributed by atoms with Gasteiger partial charge in [0, 0.05) is 6.42 Å². The molecule has 1 aliphatic rings. The van der Waals surface area contributed by atoms with E-state index in [-0.39, 0.29) is 5.91 Å². The maximum atomic E-state index is 11.5. The average molecular weight is 245 g/mol. The second-order valence-corrected chi connectivity index (χ2v) is 5.23. The highest BCUT2D eigenvalue weighted by Crippen LogP contribution is 2.29. The molecule has 1 amide bonds. The highest BCUT2D eigenvalue weighted by atomic mass is 32.2. The van der Waals surface area contributed by atoms with Crippen molar-refractivity contribution in [3.63, 3.8) is 0 Å². The van der Waals surface area contributed by atoms with Gasteiger partial charge in [0.05, 0.1) is 0 Å². The molecule has 0 aromatic carbocycles. The van der Waals surface area contributed by atoms with E-state index in [9.17, 15) is 9.59 Å². The van der Waals surface area contributed by atoms with E-state index >= 15 is 0 Å². The van der Waals surface area contributed by atoms with Gasteiger partial charge in [0.25, 0.3) is 0 Å². The third kappa shape index (κ3) is 4.43. The van der Waals surface area contributed by atoms with Crippen LogP contribution in [0.3, 0.4) is 0 Å². The predicted octanol–water partition coefficient (Wildman–Crippen LogP) is 1.50. The number of carbonyl (C=O) groups is 2. The lowest BCUT2D eigenvalue weighted by Gasteiger charge is -2.25. The molecule has 0 unspecified atom stereocenters. The van der Waals surface area contributed by atoms with Crippen molar-refractivity contribution in [2.24, 2.45) is 5.92 Å². The molecule has 0 aromatic rings. The van der Waals surface area contributed by atoms with E-state index in [1.54, 1.807) is 11.8 Å². The number of hydrogen-bond acceptors (Lipinski definition) is 3. The number of carboxylic acid groups (broad SMARTS) is 1. The number of aliphatic carboxylic acids is 1. The minimum Gasteiger partial charge on any atom is -0.480 e. The van der Waals surface area contributed by atoms with E-state index in [0.717, 1.165) is 18.6 Å². The molecule has 5 heteroatoms. The van der Waals surface area contributed by atoms with Gasteiger partial charge in [-0.3, -0.25) is 4.79 Å². The molecule has 0 aliphatic heterocycles. The maximum Gasteiger partial charge on any atom is 0.326 e. The van der Waals surface area contributed by atoms with Crippen LogP contribution in [0.4, 0.5) is 0 Å². The first-order valence-corrected chi connectivity index (χ1v) is 7.04. The van der Waals surface area contributed by atoms with E-state index < -0.39 is 12.0 Å². The molecule has 0 bridgehead atoms. The Labute approximate surface area is 100 Å². The molecule has 1 atom stereocenters. The molecule has 1 rings (SSSR count). The first-order chi connectivity index (χ1) is 7.63. The molecule has 0 spiro atoms. The lowest BCUT2D eigenvalue weighted by molar-refractivity contribution is -0.142. The minimum atomic E-state index is -0.934. The van der Waals surface area contributed by atoms with Gasteiger partial charge in [-0.25, -0.2) is 4.79 Å². The van der Waals surface area contributed by atoms with Crippen molar-refractivity contribution in [3.8, 4) is 0 Å². The highest BCUT2D eigenvalue weighted by Gasteiger charge is 2.24. The fraction of sp³-hybridized carbons (Fsp3) is 0.818. The molecule has 2 N–H and O–H groups in total. The Morgan fingerprint density at radius 1 is 1.50 bits per heavy atom. The smallest absolute Gasteiger partial charge is 0.326 e. The molecule has 16 heavy (non-hydrogen) atoms. The van der Waals surface area contributed by atoms with Gasteiger partial charge in [-0.1, -0.05) is 6.42 Å². The van der Waals surface area contributed by atoms with E-state index in [4.69, 9.17) is 5.11 Å². The van der Waals surface area contributed by atoms with Crippen LogP contribution < -0.4 is 5.32 Å². The lowest BCUT2D eigenvalue weighted by atomic mass is 9.83. The van der Waals surface area contributed by atoms with Gasteiger partial charge >= 0.3 is 5.97 Å². The molecule has 0 saturated heterocycles. The molecule has 4 nitrogen and oxygen atoms in total. The number of carbonyl (C=O) groups excluding carboxylic acids is 1. The van der Waals surface area contributed by atoms with E-state index in [2.05, 4.69) is 5.32 Å². The quantitative estimate of drug-likeness (QED) is 0.713. The maximum absolute atomic E-state index is 11.5. The van der Waals surface area contributed by atoms with Crippen LogP contribution in [0.5, 0.6) is 0 Å². The van der Waals surface area contributed by atoms with Crippen LogP contribution >= 0.6 is 11.8 Å². The molecule has 0 heterocycles. The van der Waals surface area contributed by atoms with Crippen LogP contribution in [0.2, 0.25) is 0 Å².